The first-order valence-electron chi connectivity index (χ1n) is 10.4. The van der Waals surface area contributed by atoms with E-state index in [4.69, 9.17) is 4.74 Å². The summed E-state index contributed by atoms with van der Waals surface area (Å²) in [6, 6.07) is 12.6. The lowest BCUT2D eigenvalue weighted by Crippen LogP contribution is -2.25. The number of carbonyl (C=O) groups is 3. The van der Waals surface area contributed by atoms with Crippen molar-refractivity contribution in [1.82, 2.24) is 5.32 Å². The van der Waals surface area contributed by atoms with Crippen molar-refractivity contribution in [3.63, 3.8) is 0 Å². The minimum absolute atomic E-state index is 0.0518. The molecule has 0 bridgehead atoms. The number of nitrogens with zero attached hydrogens (tertiary/aromatic N) is 1. The van der Waals surface area contributed by atoms with Crippen LogP contribution >= 0.6 is 0 Å². The van der Waals surface area contributed by atoms with Gasteiger partial charge in [-0.1, -0.05) is 12.1 Å². The molecule has 1 saturated heterocycles. The number of anilines is 2. The van der Waals surface area contributed by atoms with Gasteiger partial charge < -0.3 is 20.3 Å². The number of rotatable bonds is 7. The molecule has 0 spiro atoms. The van der Waals surface area contributed by atoms with Gasteiger partial charge in [-0.15, -0.1) is 0 Å². The Morgan fingerprint density at radius 3 is 2.55 bits per heavy atom. The summed E-state index contributed by atoms with van der Waals surface area (Å²) < 4.78 is 5.37. The fourth-order valence-electron chi connectivity index (χ4n) is 3.48. The van der Waals surface area contributed by atoms with Gasteiger partial charge in [-0.05, 0) is 61.2 Å². The molecule has 0 aromatic heterocycles. The Labute approximate surface area is 181 Å². The highest BCUT2D eigenvalue weighted by Gasteiger charge is 2.25. The summed E-state index contributed by atoms with van der Waals surface area (Å²) in [7, 11) is 1.56. The molecule has 4 rings (SSSR count). The molecular formula is C24H25N3O4. The molecule has 1 aliphatic heterocycles. The van der Waals surface area contributed by atoms with E-state index in [1.54, 1.807) is 60.6 Å². The Morgan fingerprint density at radius 2 is 1.90 bits per heavy atom. The predicted molar refractivity (Wildman–Crippen MR) is 119 cm³/mol. The molecule has 1 aliphatic carbocycles. The fraction of sp³-hybridized carbons (Fsp3) is 0.292. The van der Waals surface area contributed by atoms with Gasteiger partial charge in [0.1, 0.15) is 5.75 Å². The maximum Gasteiger partial charge on any atom is 0.251 e. The van der Waals surface area contributed by atoms with E-state index in [-0.39, 0.29) is 17.7 Å². The van der Waals surface area contributed by atoms with Gasteiger partial charge in [-0.3, -0.25) is 14.4 Å². The van der Waals surface area contributed by atoms with Crippen LogP contribution in [0.25, 0.3) is 6.08 Å². The molecule has 2 aliphatic rings. The minimum Gasteiger partial charge on any atom is -0.495 e. The van der Waals surface area contributed by atoms with E-state index in [1.165, 1.54) is 6.08 Å². The van der Waals surface area contributed by atoms with Crippen molar-refractivity contribution in [3.05, 3.63) is 59.7 Å². The monoisotopic (exact) mass is 419 g/mol. The Morgan fingerprint density at radius 1 is 1.13 bits per heavy atom. The highest BCUT2D eigenvalue weighted by atomic mass is 16.5. The lowest BCUT2D eigenvalue weighted by Gasteiger charge is -2.20. The van der Waals surface area contributed by atoms with Crippen molar-refractivity contribution in [3.8, 4) is 5.75 Å². The summed E-state index contributed by atoms with van der Waals surface area (Å²) in [5.74, 6) is 0.285. The van der Waals surface area contributed by atoms with Crippen LogP contribution in [-0.4, -0.2) is 37.4 Å². The predicted octanol–water partition coefficient (Wildman–Crippen LogP) is 3.37. The summed E-state index contributed by atoms with van der Waals surface area (Å²) in [6.45, 7) is 0.640. The van der Waals surface area contributed by atoms with Gasteiger partial charge in [0.2, 0.25) is 11.8 Å². The van der Waals surface area contributed by atoms with Gasteiger partial charge >= 0.3 is 0 Å². The quantitative estimate of drug-likeness (QED) is 0.674. The molecule has 0 unspecified atom stereocenters. The van der Waals surface area contributed by atoms with Crippen LogP contribution in [0, 0.1) is 0 Å². The van der Waals surface area contributed by atoms with Crippen molar-refractivity contribution in [1.29, 1.82) is 0 Å². The van der Waals surface area contributed by atoms with Crippen LogP contribution < -0.4 is 20.3 Å². The molecule has 0 atom stereocenters. The topological polar surface area (TPSA) is 87.7 Å². The van der Waals surface area contributed by atoms with Crippen molar-refractivity contribution >= 4 is 35.2 Å². The van der Waals surface area contributed by atoms with Crippen LogP contribution in [0.2, 0.25) is 0 Å². The van der Waals surface area contributed by atoms with Gasteiger partial charge in [0.25, 0.3) is 5.91 Å². The lowest BCUT2D eigenvalue weighted by atomic mass is 10.1. The summed E-state index contributed by atoms with van der Waals surface area (Å²) in [5, 5.41) is 5.77. The summed E-state index contributed by atoms with van der Waals surface area (Å²) in [4.78, 5) is 38.2. The van der Waals surface area contributed by atoms with E-state index in [9.17, 15) is 14.4 Å². The number of carbonyl (C=O) groups excluding carboxylic acids is 3. The van der Waals surface area contributed by atoms with Crippen molar-refractivity contribution in [2.24, 2.45) is 0 Å². The van der Waals surface area contributed by atoms with Gasteiger partial charge in [-0.2, -0.15) is 0 Å². The molecule has 7 heteroatoms. The number of hydrogen-bond acceptors (Lipinski definition) is 4. The van der Waals surface area contributed by atoms with E-state index in [2.05, 4.69) is 10.6 Å². The Balaban J connectivity index is 1.39. The van der Waals surface area contributed by atoms with Gasteiger partial charge in [0.05, 0.1) is 12.8 Å². The normalized spacial score (nSPS) is 15.9. The molecule has 2 N–H and O–H groups in total. The SMILES string of the molecule is COc1ccc(NC(=O)/C=C/c2ccc(C(=O)NC3CC3)cc2)cc1N1CCCC1=O. The molecule has 2 fully saturated rings. The highest BCUT2D eigenvalue weighted by Crippen LogP contribution is 2.34. The standard InChI is InChI=1S/C24H25N3O4/c1-31-21-12-11-19(15-20(21)27-14-2-3-23(27)29)25-22(28)13-6-16-4-7-17(8-5-16)24(30)26-18-9-10-18/h4-8,11-13,15,18H,2-3,9-10,14H2,1H3,(H,25,28)(H,26,30)/b13-6+. The zero-order chi connectivity index (χ0) is 21.8. The van der Waals surface area contributed by atoms with Crippen LogP contribution in [-0.2, 0) is 9.59 Å². The summed E-state index contributed by atoms with van der Waals surface area (Å²) >= 11 is 0. The first kappa shape index (κ1) is 20.7. The second kappa shape index (κ2) is 9.04. The molecule has 1 heterocycles. The number of ether oxygens (including phenoxy) is 1. The second-order valence-corrected chi connectivity index (χ2v) is 7.73. The molecular weight excluding hydrogens is 394 g/mol. The Kier molecular flexibility index (Phi) is 6.02. The number of nitrogens with one attached hydrogen (secondary N) is 2. The first-order valence-corrected chi connectivity index (χ1v) is 10.4. The van der Waals surface area contributed by atoms with Crippen LogP contribution in [0.5, 0.6) is 5.75 Å². The molecule has 31 heavy (non-hydrogen) atoms. The van der Waals surface area contributed by atoms with Crippen LogP contribution in [0.4, 0.5) is 11.4 Å². The van der Waals surface area contributed by atoms with Gasteiger partial charge in [0, 0.05) is 36.3 Å². The fourth-order valence-corrected chi connectivity index (χ4v) is 3.48. The third-order valence-electron chi connectivity index (χ3n) is 5.32. The molecule has 3 amide bonds. The van der Waals surface area contributed by atoms with E-state index in [1.807, 2.05) is 0 Å². The van der Waals surface area contributed by atoms with E-state index in [0.29, 0.717) is 41.7 Å². The zero-order valence-electron chi connectivity index (χ0n) is 17.4. The largest absolute Gasteiger partial charge is 0.495 e. The van der Waals surface area contributed by atoms with E-state index >= 15 is 0 Å². The van der Waals surface area contributed by atoms with E-state index < -0.39 is 0 Å². The third-order valence-corrected chi connectivity index (χ3v) is 5.32. The number of benzene rings is 2. The molecule has 2 aromatic carbocycles. The Hall–Kier alpha value is -3.61. The van der Waals surface area contributed by atoms with E-state index in [0.717, 1.165) is 24.8 Å². The molecule has 2 aromatic rings. The minimum atomic E-state index is -0.292. The van der Waals surface area contributed by atoms with Gasteiger partial charge in [0.15, 0.2) is 0 Å². The first-order chi connectivity index (χ1) is 15.0. The molecule has 1 saturated carbocycles. The van der Waals surface area contributed by atoms with Gasteiger partial charge in [-0.25, -0.2) is 0 Å². The maximum absolute atomic E-state index is 12.4. The zero-order valence-corrected chi connectivity index (χ0v) is 17.4. The second-order valence-electron chi connectivity index (χ2n) is 7.73. The smallest absolute Gasteiger partial charge is 0.251 e. The summed E-state index contributed by atoms with van der Waals surface area (Å²) in [5.41, 5.74) is 2.66. The number of hydrogen-bond donors (Lipinski definition) is 2. The highest BCUT2D eigenvalue weighted by molar-refractivity contribution is 6.03. The summed E-state index contributed by atoms with van der Waals surface area (Å²) in [6.07, 6.45) is 6.54. The van der Waals surface area contributed by atoms with Crippen molar-refractivity contribution < 1.29 is 19.1 Å². The maximum atomic E-state index is 12.4. The van der Waals surface area contributed by atoms with Crippen molar-refractivity contribution in [2.45, 2.75) is 31.7 Å². The lowest BCUT2D eigenvalue weighted by molar-refractivity contribution is -0.117. The molecule has 160 valence electrons. The Bertz CT molecular complexity index is 1030. The number of amides is 3. The average Bonchev–Trinajstić information content (AvgIpc) is 3.49. The molecule has 7 nitrogen and oxygen atoms in total. The number of methoxy groups -OCH3 is 1. The van der Waals surface area contributed by atoms with Crippen LogP contribution in [0.1, 0.15) is 41.6 Å². The molecule has 0 radical (unpaired) electrons. The third kappa shape index (κ3) is 5.12. The van der Waals surface area contributed by atoms with Crippen LogP contribution in [0.3, 0.4) is 0 Å². The average molecular weight is 419 g/mol. The van der Waals surface area contributed by atoms with Crippen LogP contribution in [0.15, 0.2) is 48.5 Å². The van der Waals surface area contributed by atoms with Crippen molar-refractivity contribution in [2.75, 3.05) is 23.9 Å².